The normalized spacial score (nSPS) is 11.4. The van der Waals surface area contributed by atoms with Crippen molar-refractivity contribution in [1.82, 2.24) is 0 Å². The largest absolute Gasteiger partial charge is 0.378 e. The van der Waals surface area contributed by atoms with Crippen molar-refractivity contribution >= 4 is 15.5 Å². The zero-order valence-electron chi connectivity index (χ0n) is 11.0. The topological polar surface area (TPSA) is 46.2 Å². The van der Waals surface area contributed by atoms with E-state index in [1.54, 1.807) is 0 Å². The number of rotatable bonds is 4. The van der Waals surface area contributed by atoms with Crippen LogP contribution in [0.5, 0.6) is 0 Å². The number of hydrogen-bond acceptors (Lipinski definition) is 3. The maximum absolute atomic E-state index is 13.6. The zero-order valence-corrected chi connectivity index (χ0v) is 11.8. The van der Waals surface area contributed by atoms with Crippen LogP contribution in [0.4, 0.5) is 18.9 Å². The molecule has 0 unspecified atom stereocenters. The first-order valence-corrected chi connectivity index (χ1v) is 7.84. The van der Waals surface area contributed by atoms with E-state index in [0.717, 1.165) is 36.6 Å². The summed E-state index contributed by atoms with van der Waals surface area (Å²) in [5.74, 6) is -2.23. The second-order valence-electron chi connectivity index (χ2n) is 4.47. The summed E-state index contributed by atoms with van der Waals surface area (Å²) in [7, 11) is -3.50. The minimum Gasteiger partial charge on any atom is -0.378 e. The average Bonchev–Trinajstić information content (AvgIpc) is 2.38. The van der Waals surface area contributed by atoms with E-state index in [1.165, 1.54) is 6.07 Å². The number of sulfone groups is 1. The van der Waals surface area contributed by atoms with Gasteiger partial charge in [-0.25, -0.2) is 21.6 Å². The van der Waals surface area contributed by atoms with Gasteiger partial charge in [0.05, 0.1) is 10.6 Å². The standard InChI is InChI=1S/C14H12F3NO2S/c1-21(19,20)9-5-6-13(17)14(7-9)18-8-10-11(15)3-2-4-12(10)16/h2-7,18H,8H2,1H3. The van der Waals surface area contributed by atoms with Crippen molar-refractivity contribution in [2.75, 3.05) is 11.6 Å². The number of anilines is 1. The predicted octanol–water partition coefficient (Wildman–Crippen LogP) is 3.12. The molecule has 2 aromatic carbocycles. The summed E-state index contributed by atoms with van der Waals surface area (Å²) < 4.78 is 63.3. The van der Waals surface area contributed by atoms with Crippen LogP contribution in [0.1, 0.15) is 5.56 Å². The van der Waals surface area contributed by atoms with Crippen LogP contribution in [0.2, 0.25) is 0 Å². The summed E-state index contributed by atoms with van der Waals surface area (Å²) in [6.45, 7) is -0.303. The van der Waals surface area contributed by atoms with E-state index in [2.05, 4.69) is 5.32 Å². The third-order valence-corrected chi connectivity index (χ3v) is 3.99. The SMILES string of the molecule is CS(=O)(=O)c1ccc(F)c(NCc2c(F)cccc2F)c1. The molecule has 2 aromatic rings. The molecule has 0 heterocycles. The van der Waals surface area contributed by atoms with Crippen LogP contribution in [0.3, 0.4) is 0 Å². The summed E-state index contributed by atoms with van der Waals surface area (Å²) in [6, 6.07) is 6.59. The second-order valence-corrected chi connectivity index (χ2v) is 6.48. The molecule has 0 amide bonds. The van der Waals surface area contributed by atoms with Crippen LogP contribution in [-0.2, 0) is 16.4 Å². The Balaban J connectivity index is 2.28. The average molecular weight is 315 g/mol. The van der Waals surface area contributed by atoms with Crippen molar-refractivity contribution in [1.29, 1.82) is 0 Å². The molecule has 2 rings (SSSR count). The molecule has 0 atom stereocenters. The van der Waals surface area contributed by atoms with Crippen molar-refractivity contribution in [2.24, 2.45) is 0 Å². The Kier molecular flexibility index (Phi) is 4.22. The number of nitrogens with one attached hydrogen (secondary N) is 1. The van der Waals surface area contributed by atoms with Crippen molar-refractivity contribution in [3.8, 4) is 0 Å². The van der Waals surface area contributed by atoms with E-state index in [4.69, 9.17) is 0 Å². The molecule has 1 N–H and O–H groups in total. The molecule has 7 heteroatoms. The smallest absolute Gasteiger partial charge is 0.175 e. The van der Waals surface area contributed by atoms with Crippen molar-refractivity contribution in [3.63, 3.8) is 0 Å². The van der Waals surface area contributed by atoms with E-state index in [-0.39, 0.29) is 22.7 Å². The lowest BCUT2D eigenvalue weighted by Crippen LogP contribution is -2.07. The first-order valence-electron chi connectivity index (χ1n) is 5.95. The molecule has 112 valence electrons. The van der Waals surface area contributed by atoms with Crippen LogP contribution in [-0.4, -0.2) is 14.7 Å². The van der Waals surface area contributed by atoms with Crippen molar-refractivity contribution in [2.45, 2.75) is 11.4 Å². The lowest BCUT2D eigenvalue weighted by molar-refractivity contribution is 0.559. The monoisotopic (exact) mass is 315 g/mol. The van der Waals surface area contributed by atoms with Crippen LogP contribution in [0.15, 0.2) is 41.3 Å². The molecule has 0 saturated heterocycles. The quantitative estimate of drug-likeness (QED) is 0.882. The highest BCUT2D eigenvalue weighted by Crippen LogP contribution is 2.21. The molecular formula is C14H12F3NO2S. The van der Waals surface area contributed by atoms with Gasteiger partial charge in [-0.3, -0.25) is 0 Å². The second kappa shape index (κ2) is 5.77. The van der Waals surface area contributed by atoms with Gasteiger partial charge >= 0.3 is 0 Å². The molecule has 21 heavy (non-hydrogen) atoms. The Morgan fingerprint density at radius 2 is 1.62 bits per heavy atom. The summed E-state index contributed by atoms with van der Waals surface area (Å²) in [4.78, 5) is -0.0830. The first kappa shape index (κ1) is 15.4. The van der Waals surface area contributed by atoms with Crippen LogP contribution in [0, 0.1) is 17.5 Å². The maximum atomic E-state index is 13.6. The Morgan fingerprint density at radius 1 is 1.00 bits per heavy atom. The fraction of sp³-hybridized carbons (Fsp3) is 0.143. The van der Waals surface area contributed by atoms with Crippen LogP contribution < -0.4 is 5.32 Å². The number of hydrogen-bond donors (Lipinski definition) is 1. The van der Waals surface area contributed by atoms with Gasteiger partial charge in [-0.05, 0) is 30.3 Å². The fourth-order valence-corrected chi connectivity index (χ4v) is 2.40. The van der Waals surface area contributed by atoms with E-state index >= 15 is 0 Å². The summed E-state index contributed by atoms with van der Waals surface area (Å²) >= 11 is 0. The lowest BCUT2D eigenvalue weighted by Gasteiger charge is -2.10. The van der Waals surface area contributed by atoms with Gasteiger partial charge in [0.2, 0.25) is 0 Å². The van der Waals surface area contributed by atoms with E-state index in [1.807, 2.05) is 0 Å². The first-order chi connectivity index (χ1) is 9.79. The van der Waals surface area contributed by atoms with Crippen molar-refractivity contribution in [3.05, 3.63) is 59.4 Å². The van der Waals surface area contributed by atoms with E-state index in [9.17, 15) is 21.6 Å². The molecule has 0 aliphatic carbocycles. The summed E-state index contributed by atoms with van der Waals surface area (Å²) in [5, 5.41) is 2.50. The highest BCUT2D eigenvalue weighted by Gasteiger charge is 2.13. The Hall–Kier alpha value is -2.02. The Morgan fingerprint density at radius 3 is 2.19 bits per heavy atom. The van der Waals surface area contributed by atoms with Gasteiger partial charge in [0.25, 0.3) is 0 Å². The molecule has 0 bridgehead atoms. The highest BCUT2D eigenvalue weighted by atomic mass is 32.2. The molecule has 0 aromatic heterocycles. The lowest BCUT2D eigenvalue weighted by atomic mass is 10.2. The van der Waals surface area contributed by atoms with Crippen LogP contribution >= 0.6 is 0 Å². The molecule has 3 nitrogen and oxygen atoms in total. The molecule has 0 aliphatic heterocycles. The van der Waals surface area contributed by atoms with Gasteiger partial charge in [0, 0.05) is 18.4 Å². The van der Waals surface area contributed by atoms with Gasteiger partial charge in [0.1, 0.15) is 17.5 Å². The highest BCUT2D eigenvalue weighted by molar-refractivity contribution is 7.90. The summed E-state index contributed by atoms with van der Waals surface area (Å²) in [5.41, 5.74) is -0.387. The maximum Gasteiger partial charge on any atom is 0.175 e. The van der Waals surface area contributed by atoms with Crippen LogP contribution in [0.25, 0.3) is 0 Å². The van der Waals surface area contributed by atoms with Gasteiger partial charge < -0.3 is 5.32 Å². The molecule has 0 saturated carbocycles. The molecule has 0 spiro atoms. The van der Waals surface area contributed by atoms with Gasteiger partial charge in [0.15, 0.2) is 9.84 Å². The van der Waals surface area contributed by atoms with Gasteiger partial charge in [-0.1, -0.05) is 6.07 Å². The van der Waals surface area contributed by atoms with Gasteiger partial charge in [-0.2, -0.15) is 0 Å². The molecule has 0 radical (unpaired) electrons. The Labute approximate surface area is 120 Å². The fourth-order valence-electron chi connectivity index (χ4n) is 1.76. The Bertz CT molecular complexity index is 756. The molecular weight excluding hydrogens is 303 g/mol. The van der Waals surface area contributed by atoms with E-state index in [0.29, 0.717) is 0 Å². The predicted molar refractivity (Wildman–Crippen MR) is 73.2 cm³/mol. The third kappa shape index (κ3) is 3.55. The number of halogens is 3. The minimum absolute atomic E-state index is 0.0830. The molecule has 0 aliphatic rings. The van der Waals surface area contributed by atoms with E-state index < -0.39 is 27.3 Å². The number of benzene rings is 2. The zero-order chi connectivity index (χ0) is 15.6. The minimum atomic E-state index is -3.50. The van der Waals surface area contributed by atoms with Crippen molar-refractivity contribution < 1.29 is 21.6 Å². The molecule has 0 fully saturated rings. The third-order valence-electron chi connectivity index (χ3n) is 2.88. The van der Waals surface area contributed by atoms with Gasteiger partial charge in [-0.15, -0.1) is 0 Å². The summed E-state index contributed by atoms with van der Waals surface area (Å²) in [6.07, 6.45) is 0.987.